The number of hydrogen-bond acceptors (Lipinski definition) is 3. The van der Waals surface area contributed by atoms with Crippen LogP contribution in [0.2, 0.25) is 0 Å². The molecule has 0 fully saturated rings. The zero-order valence-corrected chi connectivity index (χ0v) is 9.87. The van der Waals surface area contributed by atoms with Gasteiger partial charge in [0, 0.05) is 17.8 Å². The van der Waals surface area contributed by atoms with Crippen LogP contribution in [0.1, 0.15) is 26.0 Å². The Bertz CT molecular complexity index is 404. The van der Waals surface area contributed by atoms with E-state index in [9.17, 15) is 5.11 Å². The Morgan fingerprint density at radius 2 is 2.33 bits per heavy atom. The van der Waals surface area contributed by atoms with Gasteiger partial charge in [-0.1, -0.05) is 13.8 Å². The molecule has 0 saturated heterocycles. The van der Waals surface area contributed by atoms with Gasteiger partial charge < -0.3 is 5.11 Å². The number of fused-ring (bicyclic) bond motifs is 1. The standard InChI is InChI=1S/C11H16N2OS/c1-8(2)10(14)4-3-9-7-13-5-6-15-11(13)12-9/h5-8,10,14H,3-4H2,1-2H3. The molecule has 0 saturated carbocycles. The van der Waals surface area contributed by atoms with Gasteiger partial charge in [0.2, 0.25) is 0 Å². The van der Waals surface area contributed by atoms with Gasteiger partial charge in [-0.05, 0) is 18.8 Å². The highest BCUT2D eigenvalue weighted by atomic mass is 32.1. The Labute approximate surface area is 93.4 Å². The Morgan fingerprint density at radius 3 is 3.00 bits per heavy atom. The van der Waals surface area contributed by atoms with Crippen molar-refractivity contribution in [2.45, 2.75) is 32.8 Å². The van der Waals surface area contributed by atoms with E-state index in [0.717, 1.165) is 23.5 Å². The van der Waals surface area contributed by atoms with Gasteiger partial charge >= 0.3 is 0 Å². The molecule has 0 amide bonds. The SMILES string of the molecule is CC(C)C(O)CCc1cn2ccsc2n1. The Hall–Kier alpha value is -0.870. The van der Waals surface area contributed by atoms with Gasteiger partial charge in [-0.3, -0.25) is 4.40 Å². The maximum Gasteiger partial charge on any atom is 0.193 e. The van der Waals surface area contributed by atoms with Crippen molar-refractivity contribution in [3.8, 4) is 0 Å². The van der Waals surface area contributed by atoms with Crippen LogP contribution < -0.4 is 0 Å². The summed E-state index contributed by atoms with van der Waals surface area (Å²) in [6.45, 7) is 4.08. The molecule has 1 unspecified atom stereocenters. The second-order valence-electron chi connectivity index (χ2n) is 4.18. The number of aliphatic hydroxyl groups is 1. The molecule has 0 radical (unpaired) electrons. The second-order valence-corrected chi connectivity index (χ2v) is 5.05. The third kappa shape index (κ3) is 2.38. The topological polar surface area (TPSA) is 37.5 Å². The molecule has 82 valence electrons. The first-order valence-corrected chi connectivity index (χ1v) is 6.14. The third-order valence-electron chi connectivity index (χ3n) is 2.61. The average molecular weight is 224 g/mol. The molecule has 2 aromatic rings. The molecule has 2 heterocycles. The first kappa shape index (κ1) is 10.6. The van der Waals surface area contributed by atoms with Crippen LogP contribution in [-0.4, -0.2) is 20.6 Å². The number of hydrogen-bond donors (Lipinski definition) is 1. The summed E-state index contributed by atoms with van der Waals surface area (Å²) in [7, 11) is 0. The van der Waals surface area contributed by atoms with Crippen molar-refractivity contribution in [1.82, 2.24) is 9.38 Å². The van der Waals surface area contributed by atoms with E-state index in [0.29, 0.717) is 5.92 Å². The number of imidazole rings is 1. The molecule has 3 nitrogen and oxygen atoms in total. The maximum atomic E-state index is 9.68. The van der Waals surface area contributed by atoms with Crippen LogP contribution in [0.25, 0.3) is 4.96 Å². The number of aryl methyl sites for hydroxylation is 1. The van der Waals surface area contributed by atoms with E-state index < -0.39 is 0 Å². The van der Waals surface area contributed by atoms with Crippen LogP contribution in [0.4, 0.5) is 0 Å². The molecule has 1 atom stereocenters. The highest BCUT2D eigenvalue weighted by molar-refractivity contribution is 7.15. The smallest absolute Gasteiger partial charge is 0.193 e. The van der Waals surface area contributed by atoms with E-state index >= 15 is 0 Å². The van der Waals surface area contributed by atoms with Gasteiger partial charge in [0.25, 0.3) is 0 Å². The number of aliphatic hydroxyl groups excluding tert-OH is 1. The van der Waals surface area contributed by atoms with Gasteiger partial charge in [-0.15, -0.1) is 11.3 Å². The fourth-order valence-corrected chi connectivity index (χ4v) is 2.24. The minimum absolute atomic E-state index is 0.218. The molecule has 0 aliphatic carbocycles. The van der Waals surface area contributed by atoms with E-state index in [1.807, 2.05) is 36.0 Å². The molecule has 0 aromatic carbocycles. The van der Waals surface area contributed by atoms with Crippen molar-refractivity contribution in [3.05, 3.63) is 23.5 Å². The summed E-state index contributed by atoms with van der Waals surface area (Å²) in [5.74, 6) is 0.328. The largest absolute Gasteiger partial charge is 0.393 e. The van der Waals surface area contributed by atoms with Crippen molar-refractivity contribution in [1.29, 1.82) is 0 Å². The van der Waals surface area contributed by atoms with E-state index in [1.54, 1.807) is 11.3 Å². The summed E-state index contributed by atoms with van der Waals surface area (Å²) >= 11 is 1.64. The van der Waals surface area contributed by atoms with Gasteiger partial charge in [-0.2, -0.15) is 0 Å². The van der Waals surface area contributed by atoms with Crippen LogP contribution in [0, 0.1) is 5.92 Å². The van der Waals surface area contributed by atoms with Crippen LogP contribution >= 0.6 is 11.3 Å². The summed E-state index contributed by atoms with van der Waals surface area (Å²) in [5, 5.41) is 11.7. The Morgan fingerprint density at radius 1 is 1.53 bits per heavy atom. The summed E-state index contributed by atoms with van der Waals surface area (Å²) in [4.78, 5) is 5.51. The first-order valence-electron chi connectivity index (χ1n) is 5.26. The molecule has 15 heavy (non-hydrogen) atoms. The average Bonchev–Trinajstić information content (AvgIpc) is 2.72. The number of thiazole rings is 1. The highest BCUT2D eigenvalue weighted by Gasteiger charge is 2.10. The van der Waals surface area contributed by atoms with Gasteiger partial charge in [-0.25, -0.2) is 4.98 Å². The number of aromatic nitrogens is 2. The molecule has 0 aliphatic rings. The summed E-state index contributed by atoms with van der Waals surface area (Å²) in [6.07, 6.45) is 5.48. The Balaban J connectivity index is 1.98. The zero-order chi connectivity index (χ0) is 10.8. The molecule has 0 bridgehead atoms. The van der Waals surface area contributed by atoms with Crippen LogP contribution in [0.3, 0.4) is 0 Å². The zero-order valence-electron chi connectivity index (χ0n) is 9.05. The molecule has 1 N–H and O–H groups in total. The summed E-state index contributed by atoms with van der Waals surface area (Å²) < 4.78 is 2.03. The molecule has 2 rings (SSSR count). The van der Waals surface area contributed by atoms with Crippen molar-refractivity contribution in [2.75, 3.05) is 0 Å². The fraction of sp³-hybridized carbons (Fsp3) is 0.545. The number of nitrogens with zero attached hydrogens (tertiary/aromatic N) is 2. The van der Waals surface area contributed by atoms with Gasteiger partial charge in [0.05, 0.1) is 11.8 Å². The molecule has 0 aliphatic heterocycles. The number of rotatable bonds is 4. The maximum absolute atomic E-state index is 9.68. The van der Waals surface area contributed by atoms with Crippen molar-refractivity contribution >= 4 is 16.3 Å². The van der Waals surface area contributed by atoms with E-state index in [1.165, 1.54) is 0 Å². The molecule has 4 heteroatoms. The predicted octanol–water partition coefficient (Wildman–Crippen LogP) is 2.35. The van der Waals surface area contributed by atoms with E-state index in [-0.39, 0.29) is 6.10 Å². The van der Waals surface area contributed by atoms with Crippen LogP contribution in [0.15, 0.2) is 17.8 Å². The lowest BCUT2D eigenvalue weighted by Gasteiger charge is -2.12. The van der Waals surface area contributed by atoms with E-state index in [2.05, 4.69) is 4.98 Å². The summed E-state index contributed by atoms with van der Waals surface area (Å²) in [5.41, 5.74) is 1.07. The highest BCUT2D eigenvalue weighted by Crippen LogP contribution is 2.14. The minimum atomic E-state index is -0.218. The van der Waals surface area contributed by atoms with E-state index in [4.69, 9.17) is 0 Å². The normalized spacial score (nSPS) is 13.9. The minimum Gasteiger partial charge on any atom is -0.393 e. The van der Waals surface area contributed by atoms with Gasteiger partial charge in [0.1, 0.15) is 0 Å². The van der Waals surface area contributed by atoms with Crippen LogP contribution in [0.5, 0.6) is 0 Å². The van der Waals surface area contributed by atoms with Crippen molar-refractivity contribution < 1.29 is 5.11 Å². The third-order valence-corrected chi connectivity index (χ3v) is 3.38. The Kier molecular flexibility index (Phi) is 3.07. The quantitative estimate of drug-likeness (QED) is 0.865. The monoisotopic (exact) mass is 224 g/mol. The molecular weight excluding hydrogens is 208 g/mol. The first-order chi connectivity index (χ1) is 7.16. The fourth-order valence-electron chi connectivity index (χ4n) is 1.53. The molecule has 0 spiro atoms. The lowest BCUT2D eigenvalue weighted by molar-refractivity contribution is 0.116. The lowest BCUT2D eigenvalue weighted by Crippen LogP contribution is -2.15. The van der Waals surface area contributed by atoms with Crippen LogP contribution in [-0.2, 0) is 6.42 Å². The van der Waals surface area contributed by atoms with Crippen molar-refractivity contribution in [3.63, 3.8) is 0 Å². The predicted molar refractivity (Wildman–Crippen MR) is 62.2 cm³/mol. The molecule has 2 aromatic heterocycles. The van der Waals surface area contributed by atoms with Gasteiger partial charge in [0.15, 0.2) is 4.96 Å². The van der Waals surface area contributed by atoms with Crippen molar-refractivity contribution in [2.24, 2.45) is 5.92 Å². The second kappa shape index (κ2) is 4.33. The lowest BCUT2D eigenvalue weighted by atomic mass is 10.0. The summed E-state index contributed by atoms with van der Waals surface area (Å²) in [6, 6.07) is 0. The molecular formula is C11H16N2OS.